The molecule has 8 rings (SSSR count). The van der Waals surface area contributed by atoms with Crippen LogP contribution in [0.3, 0.4) is 0 Å². The van der Waals surface area contributed by atoms with E-state index in [1.54, 1.807) is 0 Å². The van der Waals surface area contributed by atoms with E-state index >= 15 is 0 Å². The molecule has 0 spiro atoms. The van der Waals surface area contributed by atoms with Gasteiger partial charge in [-0.25, -0.2) is 4.98 Å². The number of hydrogen-bond acceptors (Lipinski definition) is 0. The number of hydrogen-bond donors (Lipinski definition) is 1. The van der Waals surface area contributed by atoms with Gasteiger partial charge in [0.05, 0.1) is 0 Å². The number of fused-ring (bicyclic) bond motifs is 4. The summed E-state index contributed by atoms with van der Waals surface area (Å²) in [5.41, 5.74) is 8.40. The van der Waals surface area contributed by atoms with Gasteiger partial charge in [0.15, 0.2) is 11.0 Å². The van der Waals surface area contributed by atoms with Gasteiger partial charge in [0.2, 0.25) is 0 Å². The molecule has 0 aliphatic rings. The van der Waals surface area contributed by atoms with Crippen LogP contribution in [0.15, 0.2) is 140 Å². The number of nitrogens with zero attached hydrogens (tertiary/aromatic N) is 1. The van der Waals surface area contributed by atoms with E-state index in [-0.39, 0.29) is 0 Å². The number of benzene rings is 7. The molecule has 0 atom stereocenters. The molecule has 7 aromatic carbocycles. The van der Waals surface area contributed by atoms with E-state index in [1.165, 1.54) is 60.1 Å². The van der Waals surface area contributed by atoms with Crippen molar-refractivity contribution in [2.24, 2.45) is 0 Å². The summed E-state index contributed by atoms with van der Waals surface area (Å²) < 4.78 is 2.39. The molecule has 2 nitrogen and oxygen atoms in total. The number of rotatable bonds is 3. The topological polar surface area (TPSA) is 19.7 Å². The van der Waals surface area contributed by atoms with Crippen LogP contribution in [0, 0.1) is 6.92 Å². The third-order valence-electron chi connectivity index (χ3n) is 8.14. The summed E-state index contributed by atoms with van der Waals surface area (Å²) in [5.74, 6) is 1.10. The number of imidazole rings is 1. The Labute approximate surface area is 232 Å². The minimum absolute atomic E-state index is 1.10. The average Bonchev–Trinajstić information content (AvgIpc) is 3.35. The fraction of sp³-hybridized carbons (Fsp3) is 0.0263. The molecule has 0 unspecified atom stereocenters. The quantitative estimate of drug-likeness (QED) is 0.228. The van der Waals surface area contributed by atoms with Gasteiger partial charge in [-0.05, 0) is 67.7 Å². The average molecular weight is 512 g/mol. The highest BCUT2D eigenvalue weighted by molar-refractivity contribution is 6.19. The molecule has 0 aliphatic heterocycles. The van der Waals surface area contributed by atoms with Crippen LogP contribution >= 0.6 is 0 Å². The summed E-state index contributed by atoms with van der Waals surface area (Å²) in [7, 11) is 0. The maximum absolute atomic E-state index is 3.84. The lowest BCUT2D eigenvalue weighted by Gasteiger charge is -2.14. The summed E-state index contributed by atoms with van der Waals surface area (Å²) >= 11 is 0. The molecule has 0 saturated heterocycles. The number of aromatic nitrogens is 2. The zero-order valence-electron chi connectivity index (χ0n) is 22.2. The van der Waals surface area contributed by atoms with Crippen LogP contribution in [-0.4, -0.2) is 4.98 Å². The first-order valence-electron chi connectivity index (χ1n) is 13.8. The third-order valence-corrected chi connectivity index (χ3v) is 8.14. The summed E-state index contributed by atoms with van der Waals surface area (Å²) in [4.78, 5) is 3.84. The molecule has 0 fully saturated rings. The van der Waals surface area contributed by atoms with Crippen molar-refractivity contribution in [3.05, 3.63) is 145 Å². The van der Waals surface area contributed by atoms with Crippen LogP contribution in [0.5, 0.6) is 0 Å². The van der Waals surface area contributed by atoms with Gasteiger partial charge >= 0.3 is 0 Å². The maximum atomic E-state index is 3.84. The van der Waals surface area contributed by atoms with Gasteiger partial charge in [0.1, 0.15) is 5.69 Å². The summed E-state index contributed by atoms with van der Waals surface area (Å²) in [5, 5.41) is 7.48. The van der Waals surface area contributed by atoms with E-state index < -0.39 is 0 Å². The molecule has 1 heterocycles. The number of aromatic amines is 1. The molecule has 8 aromatic rings. The molecule has 2 heteroatoms. The maximum Gasteiger partial charge on any atom is 0.257 e. The van der Waals surface area contributed by atoms with Gasteiger partial charge in [-0.15, -0.1) is 0 Å². The number of aryl methyl sites for hydroxylation is 1. The van der Waals surface area contributed by atoms with Gasteiger partial charge in [-0.2, -0.15) is 4.57 Å². The molecule has 188 valence electrons. The molecule has 1 N–H and O–H groups in total. The fourth-order valence-electron chi connectivity index (χ4n) is 6.36. The van der Waals surface area contributed by atoms with Crippen molar-refractivity contribution >= 4 is 43.4 Å². The largest absolute Gasteiger partial charge is 0.257 e. The van der Waals surface area contributed by atoms with Crippen LogP contribution in [0.25, 0.3) is 71.3 Å². The van der Waals surface area contributed by atoms with E-state index in [4.69, 9.17) is 0 Å². The number of H-pyrrole nitrogens is 1. The summed E-state index contributed by atoms with van der Waals surface area (Å²) in [6, 6.07) is 50.4. The first-order valence-corrected chi connectivity index (χ1v) is 13.8. The highest BCUT2D eigenvalue weighted by Gasteiger charge is 2.28. The zero-order valence-corrected chi connectivity index (χ0v) is 22.2. The smallest absolute Gasteiger partial charge is 0.240 e. The fourth-order valence-corrected chi connectivity index (χ4v) is 6.36. The van der Waals surface area contributed by atoms with Gasteiger partial charge < -0.3 is 0 Å². The van der Waals surface area contributed by atoms with Gasteiger partial charge in [0, 0.05) is 18.1 Å². The summed E-state index contributed by atoms with van der Waals surface area (Å²) in [6.07, 6.45) is 0. The van der Waals surface area contributed by atoms with E-state index in [0.29, 0.717) is 0 Å². The minimum atomic E-state index is 1.10. The molecule has 0 saturated carbocycles. The lowest BCUT2D eigenvalue weighted by molar-refractivity contribution is -0.574. The SMILES string of the molecule is Cc1[nH]c2c(-c3ccc4ccccc4c3)c3ccccc3c(-c3ccc4ccccc4c3)c2[n+]1-c1ccccc1. The highest BCUT2D eigenvalue weighted by Crippen LogP contribution is 2.43. The normalized spacial score (nSPS) is 11.6. The van der Waals surface area contributed by atoms with Crippen molar-refractivity contribution in [2.75, 3.05) is 0 Å². The molecule has 1 aromatic heterocycles. The van der Waals surface area contributed by atoms with Gasteiger partial charge in [0.25, 0.3) is 5.82 Å². The van der Waals surface area contributed by atoms with Crippen LogP contribution in [-0.2, 0) is 0 Å². The predicted octanol–water partition coefficient (Wildman–Crippen LogP) is 9.55. The molecule has 0 bridgehead atoms. The van der Waals surface area contributed by atoms with Crippen molar-refractivity contribution in [2.45, 2.75) is 6.92 Å². The Morgan fingerprint density at radius 1 is 0.475 bits per heavy atom. The van der Waals surface area contributed by atoms with Crippen LogP contribution in [0.4, 0.5) is 0 Å². The molecular weight excluding hydrogens is 484 g/mol. The first kappa shape index (κ1) is 22.7. The standard InChI is InChI=1S/C38H26N2/c1-25-39-37-35(30-21-19-26-11-5-7-13-28(26)23-30)33-17-9-10-18-34(33)36(38(37)40(25)32-15-3-2-4-16-32)31-22-20-27-12-6-8-14-29(27)24-31/h2-24H,1H3/p+1. The molecular formula is C38H27N2+. The Hall–Kier alpha value is -5.21. The van der Waals surface area contributed by atoms with Crippen molar-refractivity contribution < 1.29 is 4.57 Å². The van der Waals surface area contributed by atoms with E-state index in [9.17, 15) is 0 Å². The van der Waals surface area contributed by atoms with Crippen molar-refractivity contribution in [3.63, 3.8) is 0 Å². The Kier molecular flexibility index (Phi) is 5.08. The minimum Gasteiger partial charge on any atom is -0.240 e. The predicted molar refractivity (Wildman–Crippen MR) is 168 cm³/mol. The van der Waals surface area contributed by atoms with Crippen molar-refractivity contribution in [1.29, 1.82) is 0 Å². The Morgan fingerprint density at radius 3 is 1.60 bits per heavy atom. The first-order chi connectivity index (χ1) is 19.8. The van der Waals surface area contributed by atoms with Crippen LogP contribution in [0.1, 0.15) is 5.82 Å². The van der Waals surface area contributed by atoms with E-state index in [1.807, 2.05) is 0 Å². The molecule has 0 radical (unpaired) electrons. The molecule has 0 aliphatic carbocycles. The lowest BCUT2D eigenvalue weighted by atomic mass is 9.89. The van der Waals surface area contributed by atoms with E-state index in [0.717, 1.165) is 17.0 Å². The second-order valence-corrected chi connectivity index (χ2v) is 10.5. The van der Waals surface area contributed by atoms with Gasteiger partial charge in [-0.1, -0.05) is 115 Å². The second-order valence-electron chi connectivity index (χ2n) is 10.5. The second kappa shape index (κ2) is 8.93. The molecule has 40 heavy (non-hydrogen) atoms. The van der Waals surface area contributed by atoms with Crippen LogP contribution < -0.4 is 4.57 Å². The lowest BCUT2D eigenvalue weighted by Crippen LogP contribution is -2.32. The van der Waals surface area contributed by atoms with E-state index in [2.05, 4.69) is 156 Å². The number of para-hydroxylation sites is 1. The van der Waals surface area contributed by atoms with Crippen molar-refractivity contribution in [3.8, 4) is 27.9 Å². The van der Waals surface area contributed by atoms with Crippen molar-refractivity contribution in [1.82, 2.24) is 4.98 Å². The third kappa shape index (κ3) is 3.47. The van der Waals surface area contributed by atoms with Gasteiger partial charge in [-0.3, -0.25) is 0 Å². The Balaban J connectivity index is 1.56. The Bertz CT molecular complexity index is 2220. The van der Waals surface area contributed by atoms with Crippen LogP contribution in [0.2, 0.25) is 0 Å². The highest BCUT2D eigenvalue weighted by atomic mass is 15.1. The monoisotopic (exact) mass is 511 g/mol. The number of nitrogens with one attached hydrogen (secondary N) is 1. The summed E-state index contributed by atoms with van der Waals surface area (Å²) in [6.45, 7) is 2.17. The Morgan fingerprint density at radius 2 is 0.975 bits per heavy atom. The zero-order chi connectivity index (χ0) is 26.6. The molecule has 0 amide bonds.